The number of hydrogen-bond donors (Lipinski definition) is 1. The van der Waals surface area contributed by atoms with E-state index in [0.717, 1.165) is 12.2 Å². The van der Waals surface area contributed by atoms with Crippen LogP contribution in [0.5, 0.6) is 0 Å². The predicted molar refractivity (Wildman–Crippen MR) is 117 cm³/mol. The van der Waals surface area contributed by atoms with Crippen molar-refractivity contribution in [2.45, 2.75) is 0 Å². The van der Waals surface area contributed by atoms with Crippen LogP contribution in [0, 0.1) is 0 Å². The third kappa shape index (κ3) is 5.67. The predicted octanol–water partition coefficient (Wildman–Crippen LogP) is 1.20. The molecule has 1 aliphatic heterocycles. The Bertz CT molecular complexity index is 925. The van der Waals surface area contributed by atoms with Crippen LogP contribution in [-0.4, -0.2) is 54.1 Å². The first kappa shape index (κ1) is 21.5. The van der Waals surface area contributed by atoms with Crippen molar-refractivity contribution in [3.05, 3.63) is 103 Å². The van der Waals surface area contributed by atoms with Gasteiger partial charge in [-0.1, -0.05) is 0 Å². The Balaban J connectivity index is 0.000000199. The van der Waals surface area contributed by atoms with E-state index in [0.29, 0.717) is 4.90 Å². The summed E-state index contributed by atoms with van der Waals surface area (Å²) in [5.41, 5.74) is 0. The summed E-state index contributed by atoms with van der Waals surface area (Å²) < 4.78 is 4.59. The van der Waals surface area contributed by atoms with Gasteiger partial charge in [0, 0.05) is 12.2 Å². The second-order valence-corrected chi connectivity index (χ2v) is 13.5. The molecule has 0 spiro atoms. The van der Waals surface area contributed by atoms with Crippen molar-refractivity contribution >= 4 is 48.3 Å². The van der Waals surface area contributed by atoms with Crippen LogP contribution in [0.1, 0.15) is 0 Å². The molecular formula is C24H20NO4Sn. The molecule has 149 valence electrons. The number of amides is 2. The van der Waals surface area contributed by atoms with Crippen LogP contribution in [0.25, 0.3) is 0 Å². The Labute approximate surface area is 182 Å². The third-order valence-electron chi connectivity index (χ3n) is 4.38. The maximum absolute atomic E-state index is 10.7. The van der Waals surface area contributed by atoms with Crippen molar-refractivity contribution in [2.75, 3.05) is 6.54 Å². The topological polar surface area (TPSA) is 74.7 Å². The van der Waals surface area contributed by atoms with E-state index >= 15 is 0 Å². The van der Waals surface area contributed by atoms with E-state index in [1.807, 2.05) is 0 Å². The number of carboxylic acids is 1. The Hall–Kier alpha value is -3.19. The number of aliphatic carboxylic acids is 1. The molecule has 1 heterocycles. The number of hydrogen-bond acceptors (Lipinski definition) is 3. The number of carboxylic acid groups (broad SMARTS) is 1. The Kier molecular flexibility index (Phi) is 7.56. The number of carbonyl (C=O) groups is 3. The number of rotatable bonds is 5. The van der Waals surface area contributed by atoms with E-state index in [-0.39, 0.29) is 0 Å². The summed E-state index contributed by atoms with van der Waals surface area (Å²) in [5.74, 6) is -2.34. The molecule has 1 N–H and O–H groups in total. The summed E-state index contributed by atoms with van der Waals surface area (Å²) in [7, 11) is 0. The second kappa shape index (κ2) is 10.5. The van der Waals surface area contributed by atoms with Crippen molar-refractivity contribution in [3.63, 3.8) is 0 Å². The molecule has 0 fully saturated rings. The van der Waals surface area contributed by atoms with Crippen molar-refractivity contribution in [2.24, 2.45) is 0 Å². The van der Waals surface area contributed by atoms with Crippen LogP contribution in [0.15, 0.2) is 103 Å². The molecule has 1 radical (unpaired) electrons. The van der Waals surface area contributed by atoms with Gasteiger partial charge in [-0.2, -0.15) is 0 Å². The standard InChI is InChI=1S/C6H5NO4.3C6H5.Sn/c8-4-1-2-5(9)7(4)3-6(10)11;3*1-2-4-6-5-3-1;/h1-2H,3H2,(H,10,11);3*1-5H;. The molecule has 1 aliphatic rings. The molecule has 0 bridgehead atoms. The summed E-state index contributed by atoms with van der Waals surface area (Å²) in [6, 6.07) is 32.9. The number of carbonyl (C=O) groups excluding carboxylic acids is 2. The van der Waals surface area contributed by atoms with Gasteiger partial charge >= 0.3 is 127 Å². The van der Waals surface area contributed by atoms with Gasteiger partial charge in [-0.05, 0) is 0 Å². The van der Waals surface area contributed by atoms with Crippen molar-refractivity contribution in [1.82, 2.24) is 4.90 Å². The minimum atomic E-state index is -1.98. The van der Waals surface area contributed by atoms with Crippen LogP contribution < -0.4 is 10.7 Å². The van der Waals surface area contributed by atoms with Crippen LogP contribution in [0.3, 0.4) is 0 Å². The fourth-order valence-electron chi connectivity index (χ4n) is 3.04. The van der Waals surface area contributed by atoms with Gasteiger partial charge < -0.3 is 5.11 Å². The molecule has 0 aromatic heterocycles. The quantitative estimate of drug-likeness (QED) is 0.418. The van der Waals surface area contributed by atoms with Gasteiger partial charge in [0.25, 0.3) is 11.8 Å². The van der Waals surface area contributed by atoms with Crippen molar-refractivity contribution in [1.29, 1.82) is 0 Å². The fourth-order valence-corrected chi connectivity index (χ4v) is 10.4. The summed E-state index contributed by atoms with van der Waals surface area (Å²) in [6.45, 7) is -0.565. The van der Waals surface area contributed by atoms with Gasteiger partial charge in [0.1, 0.15) is 6.54 Å². The molecular weight excluding hydrogens is 485 g/mol. The fraction of sp³-hybridized carbons (Fsp3) is 0.0417. The SMILES string of the molecule is O=C(O)CN1C(=O)C=CC1=O.c1cc[c]([Sn]([c]2ccccc2)[c]2ccccc2)cc1. The number of benzene rings is 3. The average Bonchev–Trinajstić information content (AvgIpc) is 3.08. The zero-order valence-corrected chi connectivity index (χ0v) is 19.0. The Morgan fingerprint density at radius 1 is 0.667 bits per heavy atom. The zero-order valence-electron chi connectivity index (χ0n) is 16.1. The van der Waals surface area contributed by atoms with Crippen LogP contribution in [0.2, 0.25) is 0 Å². The monoisotopic (exact) mass is 506 g/mol. The average molecular weight is 505 g/mol. The van der Waals surface area contributed by atoms with Gasteiger partial charge in [-0.25, -0.2) is 0 Å². The van der Waals surface area contributed by atoms with E-state index < -0.39 is 44.1 Å². The Morgan fingerprint density at radius 3 is 1.30 bits per heavy atom. The van der Waals surface area contributed by atoms with E-state index in [9.17, 15) is 14.4 Å². The first-order chi connectivity index (χ1) is 14.6. The molecule has 2 amide bonds. The molecule has 6 heteroatoms. The maximum atomic E-state index is 10.7. The van der Waals surface area contributed by atoms with Gasteiger partial charge in [0.15, 0.2) is 0 Å². The summed E-state index contributed by atoms with van der Waals surface area (Å²) in [4.78, 5) is 32.1. The van der Waals surface area contributed by atoms with Crippen LogP contribution >= 0.6 is 0 Å². The van der Waals surface area contributed by atoms with Gasteiger partial charge in [0.2, 0.25) is 0 Å². The van der Waals surface area contributed by atoms with E-state index in [1.165, 1.54) is 10.7 Å². The van der Waals surface area contributed by atoms with E-state index in [1.54, 1.807) is 0 Å². The molecule has 0 saturated heterocycles. The van der Waals surface area contributed by atoms with Gasteiger partial charge in [-0.15, -0.1) is 0 Å². The van der Waals surface area contributed by atoms with Gasteiger partial charge in [0.05, 0.1) is 0 Å². The molecule has 30 heavy (non-hydrogen) atoms. The summed E-state index contributed by atoms with van der Waals surface area (Å²) in [5, 5.41) is 8.24. The molecule has 0 unspecified atom stereocenters. The molecule has 0 aliphatic carbocycles. The van der Waals surface area contributed by atoms with Crippen LogP contribution in [0.4, 0.5) is 0 Å². The first-order valence-corrected chi connectivity index (χ1v) is 13.6. The third-order valence-corrected chi connectivity index (χ3v) is 12.2. The minimum absolute atomic E-state index is 0.565. The number of imide groups is 1. The first-order valence-electron chi connectivity index (χ1n) is 9.35. The summed E-state index contributed by atoms with van der Waals surface area (Å²) in [6.07, 6.45) is 2.09. The van der Waals surface area contributed by atoms with Gasteiger partial charge in [-0.3, -0.25) is 19.3 Å². The molecule has 3 aromatic rings. The molecule has 4 rings (SSSR count). The molecule has 3 aromatic carbocycles. The molecule has 0 saturated carbocycles. The van der Waals surface area contributed by atoms with E-state index in [4.69, 9.17) is 5.11 Å². The molecule has 0 atom stereocenters. The normalized spacial score (nSPS) is 12.6. The van der Waals surface area contributed by atoms with E-state index in [2.05, 4.69) is 91.0 Å². The molecule has 5 nitrogen and oxygen atoms in total. The van der Waals surface area contributed by atoms with Crippen molar-refractivity contribution < 1.29 is 19.5 Å². The van der Waals surface area contributed by atoms with Crippen LogP contribution in [-0.2, 0) is 14.4 Å². The van der Waals surface area contributed by atoms with Crippen molar-refractivity contribution in [3.8, 4) is 0 Å². The summed E-state index contributed by atoms with van der Waals surface area (Å²) >= 11 is -1.98. The zero-order chi connectivity index (χ0) is 21.3. The Morgan fingerprint density at radius 2 is 1.00 bits per heavy atom. The second-order valence-electron chi connectivity index (χ2n) is 6.46. The number of nitrogens with zero attached hydrogens (tertiary/aromatic N) is 1.